The van der Waals surface area contributed by atoms with Crippen LogP contribution < -0.4 is 0 Å². The first-order valence-electron chi connectivity index (χ1n) is 6.31. The van der Waals surface area contributed by atoms with Crippen LogP contribution in [0, 0.1) is 0 Å². The van der Waals surface area contributed by atoms with E-state index in [0.717, 1.165) is 0 Å². The molecule has 0 aliphatic carbocycles. The fourth-order valence-corrected chi connectivity index (χ4v) is 2.47. The standard InChI is InChI=1S/C14H14N2O4/c1-15-6-7-16(14(15)19)8-11-12(13(17)18)9-4-2-3-5-10(9)20-11/h2-5H,6-8H2,1H3,(H,17,18). The molecule has 0 saturated carbocycles. The second-order valence-corrected chi connectivity index (χ2v) is 4.83. The number of fused-ring (bicyclic) bond motifs is 1. The van der Waals surface area contributed by atoms with E-state index in [-0.39, 0.29) is 18.1 Å². The van der Waals surface area contributed by atoms with Gasteiger partial charge in [0.05, 0.1) is 6.54 Å². The zero-order valence-electron chi connectivity index (χ0n) is 11.0. The topological polar surface area (TPSA) is 74.0 Å². The van der Waals surface area contributed by atoms with Crippen molar-refractivity contribution in [3.8, 4) is 0 Å². The SMILES string of the molecule is CN1CCN(Cc2oc3ccccc3c2C(=O)O)C1=O. The first-order valence-corrected chi connectivity index (χ1v) is 6.31. The minimum Gasteiger partial charge on any atom is -0.478 e. The van der Waals surface area contributed by atoms with Crippen LogP contribution in [0.2, 0.25) is 0 Å². The predicted octanol–water partition coefficient (Wildman–Crippen LogP) is 2.00. The smallest absolute Gasteiger partial charge is 0.339 e. The maximum Gasteiger partial charge on any atom is 0.339 e. The number of carbonyl (C=O) groups is 2. The average molecular weight is 274 g/mol. The Hall–Kier alpha value is -2.50. The Kier molecular flexibility index (Phi) is 2.85. The fourth-order valence-electron chi connectivity index (χ4n) is 2.47. The van der Waals surface area contributed by atoms with Gasteiger partial charge in [0.25, 0.3) is 0 Å². The van der Waals surface area contributed by atoms with Crippen molar-refractivity contribution >= 4 is 23.0 Å². The van der Waals surface area contributed by atoms with Gasteiger partial charge in [0.2, 0.25) is 0 Å². The molecule has 0 bridgehead atoms. The van der Waals surface area contributed by atoms with Crippen LogP contribution in [-0.2, 0) is 6.54 Å². The first-order chi connectivity index (χ1) is 9.58. The fraction of sp³-hybridized carbons (Fsp3) is 0.286. The van der Waals surface area contributed by atoms with Crippen molar-refractivity contribution in [2.45, 2.75) is 6.54 Å². The van der Waals surface area contributed by atoms with Crippen LogP contribution in [-0.4, -0.2) is 47.0 Å². The average Bonchev–Trinajstić information content (AvgIpc) is 2.93. The molecule has 20 heavy (non-hydrogen) atoms. The van der Waals surface area contributed by atoms with Crippen molar-refractivity contribution in [1.29, 1.82) is 0 Å². The predicted molar refractivity (Wildman–Crippen MR) is 71.6 cm³/mol. The Balaban J connectivity index is 2.01. The van der Waals surface area contributed by atoms with Crippen LogP contribution in [0.3, 0.4) is 0 Å². The minimum absolute atomic E-state index is 0.109. The number of carboxylic acids is 1. The van der Waals surface area contributed by atoms with E-state index in [2.05, 4.69) is 0 Å². The minimum atomic E-state index is -1.04. The van der Waals surface area contributed by atoms with Gasteiger partial charge in [0, 0.05) is 25.5 Å². The summed E-state index contributed by atoms with van der Waals surface area (Å²) in [6.45, 7) is 1.40. The highest BCUT2D eigenvalue weighted by molar-refractivity contribution is 6.03. The normalized spacial score (nSPS) is 15.3. The maximum atomic E-state index is 11.9. The Labute approximate surface area is 115 Å². The summed E-state index contributed by atoms with van der Waals surface area (Å²) in [6, 6.07) is 6.88. The van der Waals surface area contributed by atoms with Crippen molar-refractivity contribution < 1.29 is 19.1 Å². The number of benzene rings is 1. The van der Waals surface area contributed by atoms with Crippen LogP contribution >= 0.6 is 0 Å². The van der Waals surface area contributed by atoms with Gasteiger partial charge in [-0.3, -0.25) is 0 Å². The lowest BCUT2D eigenvalue weighted by Gasteiger charge is -2.14. The number of nitrogens with zero attached hydrogens (tertiary/aromatic N) is 2. The van der Waals surface area contributed by atoms with E-state index in [1.165, 1.54) is 0 Å². The molecule has 1 aromatic heterocycles. The van der Waals surface area contributed by atoms with Crippen LogP contribution in [0.1, 0.15) is 16.1 Å². The van der Waals surface area contributed by atoms with Gasteiger partial charge in [-0.25, -0.2) is 9.59 Å². The lowest BCUT2D eigenvalue weighted by atomic mass is 10.1. The van der Waals surface area contributed by atoms with Gasteiger partial charge in [-0.15, -0.1) is 0 Å². The van der Waals surface area contributed by atoms with Crippen LogP contribution in [0.5, 0.6) is 0 Å². The maximum absolute atomic E-state index is 11.9. The molecule has 1 fully saturated rings. The summed E-state index contributed by atoms with van der Waals surface area (Å²) >= 11 is 0. The Morgan fingerprint density at radius 2 is 2.10 bits per heavy atom. The molecule has 0 spiro atoms. The number of amides is 2. The third kappa shape index (κ3) is 1.89. The van der Waals surface area contributed by atoms with Crippen molar-refractivity contribution in [3.63, 3.8) is 0 Å². The van der Waals surface area contributed by atoms with Gasteiger partial charge >= 0.3 is 12.0 Å². The third-order valence-corrected chi connectivity index (χ3v) is 3.52. The molecular weight excluding hydrogens is 260 g/mol. The van der Waals surface area contributed by atoms with Crippen molar-refractivity contribution in [3.05, 3.63) is 35.6 Å². The number of rotatable bonds is 3. The summed E-state index contributed by atoms with van der Waals surface area (Å²) < 4.78 is 5.61. The van der Waals surface area contributed by atoms with Gasteiger partial charge in [-0.05, 0) is 6.07 Å². The van der Waals surface area contributed by atoms with Crippen molar-refractivity contribution in [1.82, 2.24) is 9.80 Å². The molecule has 1 saturated heterocycles. The van der Waals surface area contributed by atoms with E-state index in [9.17, 15) is 14.7 Å². The number of para-hydroxylation sites is 1. The summed E-state index contributed by atoms with van der Waals surface area (Å²) in [5.74, 6) is -0.715. The number of likely N-dealkylation sites (N-methyl/N-ethyl adjacent to an activating group) is 1. The zero-order chi connectivity index (χ0) is 14.3. The van der Waals surface area contributed by atoms with Crippen LogP contribution in [0.4, 0.5) is 4.79 Å². The largest absolute Gasteiger partial charge is 0.478 e. The number of hydrogen-bond acceptors (Lipinski definition) is 3. The van der Waals surface area contributed by atoms with Crippen LogP contribution in [0.25, 0.3) is 11.0 Å². The monoisotopic (exact) mass is 274 g/mol. The molecule has 1 N–H and O–H groups in total. The second-order valence-electron chi connectivity index (χ2n) is 4.83. The third-order valence-electron chi connectivity index (χ3n) is 3.52. The quantitative estimate of drug-likeness (QED) is 0.929. The molecule has 2 aromatic rings. The Morgan fingerprint density at radius 1 is 1.35 bits per heavy atom. The van der Waals surface area contributed by atoms with Gasteiger partial charge in [-0.1, -0.05) is 18.2 Å². The Morgan fingerprint density at radius 3 is 2.75 bits per heavy atom. The summed E-state index contributed by atoms with van der Waals surface area (Å²) in [6.07, 6.45) is 0. The molecular formula is C14H14N2O4. The highest BCUT2D eigenvalue weighted by Gasteiger charge is 2.29. The summed E-state index contributed by atoms with van der Waals surface area (Å²) in [5.41, 5.74) is 0.669. The number of carbonyl (C=O) groups excluding carboxylic acids is 1. The zero-order valence-corrected chi connectivity index (χ0v) is 11.0. The first kappa shape index (κ1) is 12.5. The van der Waals surface area contributed by atoms with Gasteiger partial charge < -0.3 is 19.3 Å². The molecule has 0 unspecified atom stereocenters. The summed E-state index contributed by atoms with van der Waals surface area (Å²) in [5, 5.41) is 9.94. The van der Waals surface area contributed by atoms with Gasteiger partial charge in [0.1, 0.15) is 16.9 Å². The Bertz CT molecular complexity index is 692. The van der Waals surface area contributed by atoms with Crippen LogP contribution in [0.15, 0.2) is 28.7 Å². The van der Waals surface area contributed by atoms with E-state index < -0.39 is 5.97 Å². The van der Waals surface area contributed by atoms with Gasteiger partial charge in [-0.2, -0.15) is 0 Å². The highest BCUT2D eigenvalue weighted by Crippen LogP contribution is 2.27. The van der Waals surface area contributed by atoms with Crippen molar-refractivity contribution in [2.24, 2.45) is 0 Å². The molecule has 6 nitrogen and oxygen atoms in total. The number of furan rings is 1. The molecule has 2 amide bonds. The van der Waals surface area contributed by atoms with E-state index >= 15 is 0 Å². The molecule has 2 heterocycles. The van der Waals surface area contributed by atoms with Crippen molar-refractivity contribution in [2.75, 3.05) is 20.1 Å². The number of urea groups is 1. The molecule has 0 atom stereocenters. The van der Waals surface area contributed by atoms with E-state index in [1.54, 1.807) is 41.1 Å². The highest BCUT2D eigenvalue weighted by atomic mass is 16.4. The van der Waals surface area contributed by atoms with Gasteiger partial charge in [0.15, 0.2) is 0 Å². The molecule has 0 radical (unpaired) electrons. The second kappa shape index (κ2) is 4.56. The lowest BCUT2D eigenvalue weighted by Crippen LogP contribution is -2.29. The lowest BCUT2D eigenvalue weighted by molar-refractivity contribution is 0.0694. The molecule has 6 heteroatoms. The van der Waals surface area contributed by atoms with E-state index in [1.807, 2.05) is 0 Å². The summed E-state index contributed by atoms with van der Waals surface area (Å²) in [7, 11) is 1.72. The summed E-state index contributed by atoms with van der Waals surface area (Å²) in [4.78, 5) is 26.5. The number of carboxylic acid groups (broad SMARTS) is 1. The number of hydrogen-bond donors (Lipinski definition) is 1. The molecule has 1 aliphatic heterocycles. The van der Waals surface area contributed by atoms with E-state index in [0.29, 0.717) is 29.8 Å². The molecule has 3 rings (SSSR count). The molecule has 104 valence electrons. The number of aromatic carboxylic acids is 1. The van der Waals surface area contributed by atoms with E-state index in [4.69, 9.17) is 4.42 Å². The molecule has 1 aliphatic rings. The molecule has 1 aromatic carbocycles.